The lowest BCUT2D eigenvalue weighted by atomic mass is 9.75. The predicted octanol–water partition coefficient (Wildman–Crippen LogP) is 2.36. The molecule has 1 aliphatic carbocycles. The van der Waals surface area contributed by atoms with Gasteiger partial charge in [0.25, 0.3) is 0 Å². The molecule has 1 aliphatic heterocycles. The zero-order chi connectivity index (χ0) is 20.1. The van der Waals surface area contributed by atoms with Gasteiger partial charge >= 0.3 is 11.9 Å². The minimum atomic E-state index is -0.596. The molecule has 0 radical (unpaired) electrons. The van der Waals surface area contributed by atoms with Crippen molar-refractivity contribution < 1.29 is 28.6 Å². The predicted molar refractivity (Wildman–Crippen MR) is 98.9 cm³/mol. The Kier molecular flexibility index (Phi) is 7.25. The fourth-order valence-corrected chi connectivity index (χ4v) is 3.94. The maximum Gasteiger partial charge on any atom is 0.309 e. The Morgan fingerprint density at radius 1 is 1.30 bits per heavy atom. The van der Waals surface area contributed by atoms with Gasteiger partial charge in [-0.2, -0.15) is 0 Å². The van der Waals surface area contributed by atoms with Crippen LogP contribution in [0.1, 0.15) is 65.7 Å². The van der Waals surface area contributed by atoms with Gasteiger partial charge in [-0.25, -0.2) is 0 Å². The standard InChI is InChI=1S/C20H33NO6/c1-19(2,3)27-17(23)14(7-10-25-4)12-20(8-5-6-9-20)18(24)21-15-11-16(22)26-13-15/h14-15H,5-13H2,1-4H3,(H,21,24)/t14-,15-/m1/s1. The zero-order valence-corrected chi connectivity index (χ0v) is 17.0. The van der Waals surface area contributed by atoms with Crippen LogP contribution in [-0.4, -0.2) is 49.8 Å². The highest BCUT2D eigenvalue weighted by Crippen LogP contribution is 2.44. The van der Waals surface area contributed by atoms with E-state index >= 15 is 0 Å². The number of nitrogens with one attached hydrogen (secondary N) is 1. The number of carbonyl (C=O) groups is 3. The third kappa shape index (κ3) is 6.19. The van der Waals surface area contributed by atoms with Crippen LogP contribution in [0.3, 0.4) is 0 Å². The van der Waals surface area contributed by atoms with Crippen molar-refractivity contribution in [1.29, 1.82) is 0 Å². The Hall–Kier alpha value is -1.63. The van der Waals surface area contributed by atoms with E-state index in [0.717, 1.165) is 25.7 Å². The molecule has 2 aliphatic rings. The molecule has 2 atom stereocenters. The summed E-state index contributed by atoms with van der Waals surface area (Å²) in [5.41, 5.74) is -1.17. The Labute approximate surface area is 161 Å². The Morgan fingerprint density at radius 3 is 2.48 bits per heavy atom. The van der Waals surface area contributed by atoms with Crippen LogP contribution in [0.25, 0.3) is 0 Å². The number of carbonyl (C=O) groups excluding carboxylic acids is 3. The molecule has 1 N–H and O–H groups in total. The average molecular weight is 383 g/mol. The lowest BCUT2D eigenvalue weighted by molar-refractivity contribution is -0.162. The fraction of sp³-hybridized carbons (Fsp3) is 0.850. The molecule has 2 rings (SSSR count). The minimum absolute atomic E-state index is 0.0747. The molecule has 7 nitrogen and oxygen atoms in total. The van der Waals surface area contributed by atoms with Crippen molar-refractivity contribution in [3.63, 3.8) is 0 Å². The van der Waals surface area contributed by atoms with Crippen LogP contribution in [0, 0.1) is 11.3 Å². The molecule has 0 bridgehead atoms. The number of hydrogen-bond donors (Lipinski definition) is 1. The van der Waals surface area contributed by atoms with Crippen LogP contribution in [0.2, 0.25) is 0 Å². The van der Waals surface area contributed by atoms with E-state index in [1.165, 1.54) is 0 Å². The molecule has 7 heteroatoms. The monoisotopic (exact) mass is 383 g/mol. The first-order valence-corrected chi connectivity index (χ1v) is 9.83. The van der Waals surface area contributed by atoms with Crippen LogP contribution < -0.4 is 5.32 Å². The van der Waals surface area contributed by atoms with Crippen LogP contribution in [-0.2, 0) is 28.6 Å². The second-order valence-corrected chi connectivity index (χ2v) is 8.76. The van der Waals surface area contributed by atoms with Gasteiger partial charge in [-0.1, -0.05) is 12.8 Å². The van der Waals surface area contributed by atoms with Gasteiger partial charge in [0.1, 0.15) is 12.2 Å². The molecule has 1 amide bonds. The molecule has 1 saturated carbocycles. The summed E-state index contributed by atoms with van der Waals surface area (Å²) >= 11 is 0. The summed E-state index contributed by atoms with van der Waals surface area (Å²) < 4.78 is 15.7. The van der Waals surface area contributed by atoms with Crippen LogP contribution >= 0.6 is 0 Å². The molecule has 1 heterocycles. The summed E-state index contributed by atoms with van der Waals surface area (Å²) in [4.78, 5) is 37.1. The van der Waals surface area contributed by atoms with E-state index in [9.17, 15) is 14.4 Å². The van der Waals surface area contributed by atoms with E-state index in [1.54, 1.807) is 7.11 Å². The second-order valence-electron chi connectivity index (χ2n) is 8.76. The molecular weight excluding hydrogens is 350 g/mol. The molecule has 27 heavy (non-hydrogen) atoms. The molecule has 0 spiro atoms. The number of methoxy groups -OCH3 is 1. The van der Waals surface area contributed by atoms with Gasteiger partial charge in [-0.3, -0.25) is 14.4 Å². The first kappa shape index (κ1) is 21.7. The number of cyclic esters (lactones) is 1. The van der Waals surface area contributed by atoms with Gasteiger partial charge in [0, 0.05) is 13.7 Å². The lowest BCUT2D eigenvalue weighted by Crippen LogP contribution is -2.46. The summed E-state index contributed by atoms with van der Waals surface area (Å²) in [6.07, 6.45) is 4.57. The van der Waals surface area contributed by atoms with Gasteiger partial charge in [0.15, 0.2) is 0 Å². The maximum atomic E-state index is 13.1. The minimum Gasteiger partial charge on any atom is -0.463 e. The van der Waals surface area contributed by atoms with Crippen LogP contribution in [0.5, 0.6) is 0 Å². The van der Waals surface area contributed by atoms with Crippen molar-refractivity contribution in [1.82, 2.24) is 5.32 Å². The molecular formula is C20H33NO6. The maximum absolute atomic E-state index is 13.1. The Balaban J connectivity index is 2.10. The summed E-state index contributed by atoms with van der Waals surface area (Å²) in [6.45, 7) is 6.18. The van der Waals surface area contributed by atoms with Crippen molar-refractivity contribution in [2.45, 2.75) is 77.4 Å². The topological polar surface area (TPSA) is 90.9 Å². The molecule has 0 aromatic heterocycles. The van der Waals surface area contributed by atoms with Crippen LogP contribution in [0.4, 0.5) is 0 Å². The number of esters is 2. The number of rotatable bonds is 8. The molecule has 1 saturated heterocycles. The second kappa shape index (κ2) is 9.04. The summed E-state index contributed by atoms with van der Waals surface area (Å²) in [6, 6.07) is -0.276. The first-order chi connectivity index (χ1) is 12.6. The number of ether oxygens (including phenoxy) is 3. The van der Waals surface area contributed by atoms with E-state index in [2.05, 4.69) is 5.32 Å². The average Bonchev–Trinajstić information content (AvgIpc) is 3.19. The molecule has 0 unspecified atom stereocenters. The fourth-order valence-electron chi connectivity index (χ4n) is 3.94. The van der Waals surface area contributed by atoms with E-state index in [1.807, 2.05) is 20.8 Å². The van der Waals surface area contributed by atoms with Crippen molar-refractivity contribution >= 4 is 17.8 Å². The van der Waals surface area contributed by atoms with E-state index in [4.69, 9.17) is 14.2 Å². The van der Waals surface area contributed by atoms with Gasteiger partial charge in [-0.05, 0) is 46.5 Å². The third-order valence-corrected chi connectivity index (χ3v) is 5.28. The van der Waals surface area contributed by atoms with Gasteiger partial charge < -0.3 is 19.5 Å². The largest absolute Gasteiger partial charge is 0.463 e. The highest BCUT2D eigenvalue weighted by Gasteiger charge is 2.45. The third-order valence-electron chi connectivity index (χ3n) is 5.28. The van der Waals surface area contributed by atoms with E-state index in [0.29, 0.717) is 19.4 Å². The highest BCUT2D eigenvalue weighted by molar-refractivity contribution is 5.85. The first-order valence-electron chi connectivity index (χ1n) is 9.83. The Morgan fingerprint density at radius 2 is 1.96 bits per heavy atom. The van der Waals surface area contributed by atoms with E-state index < -0.39 is 16.9 Å². The Bertz CT molecular complexity index is 547. The highest BCUT2D eigenvalue weighted by atomic mass is 16.6. The summed E-state index contributed by atoms with van der Waals surface area (Å²) in [7, 11) is 1.60. The lowest BCUT2D eigenvalue weighted by Gasteiger charge is -2.33. The van der Waals surface area contributed by atoms with Gasteiger partial charge in [0.2, 0.25) is 5.91 Å². The number of amides is 1. The van der Waals surface area contributed by atoms with Crippen molar-refractivity contribution in [2.75, 3.05) is 20.3 Å². The van der Waals surface area contributed by atoms with Crippen molar-refractivity contribution in [3.05, 3.63) is 0 Å². The summed E-state index contributed by atoms with van der Waals surface area (Å²) in [5.74, 6) is -1.03. The normalized spacial score (nSPS) is 23.0. The molecule has 154 valence electrons. The zero-order valence-electron chi connectivity index (χ0n) is 17.0. The SMILES string of the molecule is COCC[C@H](CC1(C(=O)N[C@H]2COC(=O)C2)CCCC1)C(=O)OC(C)(C)C. The number of hydrogen-bond acceptors (Lipinski definition) is 6. The van der Waals surface area contributed by atoms with Gasteiger partial charge in [-0.15, -0.1) is 0 Å². The molecule has 0 aromatic carbocycles. The smallest absolute Gasteiger partial charge is 0.309 e. The molecule has 2 fully saturated rings. The van der Waals surface area contributed by atoms with Crippen molar-refractivity contribution in [3.8, 4) is 0 Å². The summed E-state index contributed by atoms with van der Waals surface area (Å²) in [5, 5.41) is 2.97. The van der Waals surface area contributed by atoms with Crippen LogP contribution in [0.15, 0.2) is 0 Å². The van der Waals surface area contributed by atoms with E-state index in [-0.39, 0.29) is 36.9 Å². The van der Waals surface area contributed by atoms with Gasteiger partial charge in [0.05, 0.1) is 23.8 Å². The quantitative estimate of drug-likeness (QED) is 0.647. The molecule has 0 aromatic rings. The van der Waals surface area contributed by atoms with Crippen molar-refractivity contribution in [2.24, 2.45) is 11.3 Å².